The first-order valence-corrected chi connectivity index (χ1v) is 6.83. The molecule has 0 amide bonds. The molecule has 0 bridgehead atoms. The first kappa shape index (κ1) is 21.0. The zero-order chi connectivity index (χ0) is 17.8. The van der Waals surface area contributed by atoms with E-state index in [1.165, 1.54) is 6.92 Å². The number of carbonyl (C=O) groups is 1. The molecule has 0 aliphatic carbocycles. The van der Waals surface area contributed by atoms with Gasteiger partial charge in [-0.05, 0) is 12.8 Å². The summed E-state index contributed by atoms with van der Waals surface area (Å²) >= 11 is 0. The molecule has 0 aromatic rings. The van der Waals surface area contributed by atoms with Crippen molar-refractivity contribution in [3.63, 3.8) is 0 Å². The smallest absolute Gasteiger partial charge is 0.459 e. The quantitative estimate of drug-likeness (QED) is 0.360. The largest absolute Gasteiger partial charge is 0.465 e. The van der Waals surface area contributed by atoms with Crippen molar-refractivity contribution in [2.45, 2.75) is 58.1 Å². The minimum absolute atomic E-state index is 0.0974. The Hall–Kier alpha value is -1.02. The zero-order valence-electron chi connectivity index (χ0n) is 12.4. The number of hydrogen-bond acceptors (Lipinski definition) is 2. The summed E-state index contributed by atoms with van der Waals surface area (Å²) in [6.07, 6.45) is -5.67. The monoisotopic (exact) mass is 340 g/mol. The predicted octanol–water partition coefficient (Wildman–Crippen LogP) is 4.82. The van der Waals surface area contributed by atoms with Crippen molar-refractivity contribution in [2.24, 2.45) is 11.8 Å². The Morgan fingerprint density at radius 3 is 1.91 bits per heavy atom. The van der Waals surface area contributed by atoms with Crippen molar-refractivity contribution in [3.05, 3.63) is 0 Å². The Labute approximate surface area is 124 Å². The fourth-order valence-corrected chi connectivity index (χ4v) is 1.88. The molecule has 0 fully saturated rings. The molecule has 0 saturated carbocycles. The summed E-state index contributed by atoms with van der Waals surface area (Å²) in [5.74, 6) is -17.1. The molecule has 132 valence electrons. The van der Waals surface area contributed by atoms with Gasteiger partial charge in [0.2, 0.25) is 0 Å². The second kappa shape index (κ2) is 7.50. The number of alkyl halides is 7. The first-order chi connectivity index (χ1) is 9.84. The van der Waals surface area contributed by atoms with Crippen LogP contribution in [0.3, 0.4) is 0 Å². The highest BCUT2D eigenvalue weighted by atomic mass is 19.4. The number of ether oxygens (including phenoxy) is 1. The average molecular weight is 340 g/mol. The molecule has 0 N–H and O–H groups in total. The van der Waals surface area contributed by atoms with E-state index in [2.05, 4.69) is 4.74 Å². The van der Waals surface area contributed by atoms with Gasteiger partial charge < -0.3 is 4.74 Å². The Kier molecular flexibility index (Phi) is 7.15. The third kappa shape index (κ3) is 4.25. The van der Waals surface area contributed by atoms with E-state index in [0.717, 1.165) is 0 Å². The van der Waals surface area contributed by atoms with Gasteiger partial charge in [-0.1, -0.05) is 27.2 Å². The van der Waals surface area contributed by atoms with Gasteiger partial charge in [0.15, 0.2) is 0 Å². The Morgan fingerprint density at radius 2 is 1.55 bits per heavy atom. The Morgan fingerprint density at radius 1 is 1.05 bits per heavy atom. The zero-order valence-corrected chi connectivity index (χ0v) is 12.4. The standard InChI is InChI=1S/C13H19F7O2/c1-4-6-7-22-10(21)9(5-2)8(3)11(14,15)12(16,17)13(18,19)20/h8-9H,4-7H2,1-3H3. The van der Waals surface area contributed by atoms with Crippen LogP contribution >= 0.6 is 0 Å². The SMILES string of the molecule is CCCCOC(=O)C(CC)C(C)C(F)(F)C(F)(F)C(F)(F)F. The first-order valence-electron chi connectivity index (χ1n) is 6.83. The van der Waals surface area contributed by atoms with E-state index >= 15 is 0 Å². The second-order valence-electron chi connectivity index (χ2n) is 5.02. The molecule has 22 heavy (non-hydrogen) atoms. The van der Waals surface area contributed by atoms with Gasteiger partial charge in [0.25, 0.3) is 0 Å². The van der Waals surface area contributed by atoms with Gasteiger partial charge >= 0.3 is 24.0 Å². The van der Waals surface area contributed by atoms with E-state index in [1.54, 1.807) is 6.92 Å². The summed E-state index contributed by atoms with van der Waals surface area (Å²) in [4.78, 5) is 11.6. The van der Waals surface area contributed by atoms with Gasteiger partial charge in [0.05, 0.1) is 12.5 Å². The third-order valence-corrected chi connectivity index (χ3v) is 3.43. The fourth-order valence-electron chi connectivity index (χ4n) is 1.88. The number of halogens is 7. The molecule has 0 saturated heterocycles. The van der Waals surface area contributed by atoms with Crippen molar-refractivity contribution in [1.82, 2.24) is 0 Å². The summed E-state index contributed by atoms with van der Waals surface area (Å²) in [6, 6.07) is 0. The maximum absolute atomic E-state index is 13.6. The maximum Gasteiger partial charge on any atom is 0.459 e. The van der Waals surface area contributed by atoms with Gasteiger partial charge in [-0.25, -0.2) is 0 Å². The van der Waals surface area contributed by atoms with Gasteiger partial charge in [-0.3, -0.25) is 4.79 Å². The van der Waals surface area contributed by atoms with Crippen molar-refractivity contribution in [3.8, 4) is 0 Å². The molecule has 0 spiro atoms. The minimum atomic E-state index is -6.41. The summed E-state index contributed by atoms with van der Waals surface area (Å²) in [7, 11) is 0. The lowest BCUT2D eigenvalue weighted by molar-refractivity contribution is -0.367. The van der Waals surface area contributed by atoms with Gasteiger partial charge in [0, 0.05) is 5.92 Å². The molecule has 0 aliphatic rings. The van der Waals surface area contributed by atoms with Crippen LogP contribution in [0.4, 0.5) is 30.7 Å². The lowest BCUT2D eigenvalue weighted by Crippen LogP contribution is -2.57. The highest BCUT2D eigenvalue weighted by Gasteiger charge is 2.75. The van der Waals surface area contributed by atoms with Gasteiger partial charge in [-0.2, -0.15) is 30.7 Å². The molecular weight excluding hydrogens is 321 g/mol. The molecule has 0 rings (SSSR count). The normalized spacial score (nSPS) is 16.3. The Balaban J connectivity index is 5.24. The molecule has 2 unspecified atom stereocenters. The van der Waals surface area contributed by atoms with Crippen LogP contribution in [0.2, 0.25) is 0 Å². The van der Waals surface area contributed by atoms with Crippen LogP contribution in [0, 0.1) is 11.8 Å². The molecule has 0 radical (unpaired) electrons. The summed E-state index contributed by atoms with van der Waals surface area (Å²) in [6.45, 7) is 3.41. The summed E-state index contributed by atoms with van der Waals surface area (Å²) in [5, 5.41) is 0. The fraction of sp³-hybridized carbons (Fsp3) is 0.923. The molecule has 0 aromatic heterocycles. The molecular formula is C13H19F7O2. The van der Waals surface area contributed by atoms with E-state index in [0.29, 0.717) is 19.8 Å². The highest BCUT2D eigenvalue weighted by molar-refractivity contribution is 5.72. The molecule has 2 nitrogen and oxygen atoms in total. The van der Waals surface area contributed by atoms with Crippen molar-refractivity contribution in [2.75, 3.05) is 6.61 Å². The molecule has 0 aromatic carbocycles. The summed E-state index contributed by atoms with van der Waals surface area (Å²) in [5.41, 5.74) is 0. The summed E-state index contributed by atoms with van der Waals surface area (Å²) < 4.78 is 94.3. The highest BCUT2D eigenvalue weighted by Crippen LogP contribution is 2.51. The lowest BCUT2D eigenvalue weighted by atomic mass is 9.83. The van der Waals surface area contributed by atoms with E-state index in [-0.39, 0.29) is 13.0 Å². The maximum atomic E-state index is 13.6. The molecule has 2 atom stereocenters. The number of carbonyl (C=O) groups excluding carboxylic acids is 1. The van der Waals surface area contributed by atoms with Gasteiger partial charge in [-0.15, -0.1) is 0 Å². The molecule has 9 heteroatoms. The molecule has 0 heterocycles. The lowest BCUT2D eigenvalue weighted by Gasteiger charge is -2.35. The van der Waals surface area contributed by atoms with Crippen LogP contribution in [0.5, 0.6) is 0 Å². The van der Waals surface area contributed by atoms with Crippen LogP contribution < -0.4 is 0 Å². The van der Waals surface area contributed by atoms with Crippen LogP contribution in [0.15, 0.2) is 0 Å². The third-order valence-electron chi connectivity index (χ3n) is 3.43. The van der Waals surface area contributed by atoms with Crippen molar-refractivity contribution < 1.29 is 40.3 Å². The van der Waals surface area contributed by atoms with Crippen LogP contribution in [-0.2, 0) is 9.53 Å². The van der Waals surface area contributed by atoms with E-state index < -0.39 is 35.8 Å². The Bertz CT molecular complexity index is 366. The number of unbranched alkanes of at least 4 members (excludes halogenated alkanes) is 1. The molecule has 0 aliphatic heterocycles. The predicted molar refractivity (Wildman–Crippen MR) is 64.8 cm³/mol. The van der Waals surface area contributed by atoms with Gasteiger partial charge in [0.1, 0.15) is 0 Å². The second-order valence-corrected chi connectivity index (χ2v) is 5.02. The van der Waals surface area contributed by atoms with E-state index in [4.69, 9.17) is 0 Å². The van der Waals surface area contributed by atoms with Crippen molar-refractivity contribution in [1.29, 1.82) is 0 Å². The average Bonchev–Trinajstić information content (AvgIpc) is 2.38. The van der Waals surface area contributed by atoms with E-state index in [1.807, 2.05) is 0 Å². The number of hydrogen-bond donors (Lipinski definition) is 0. The van der Waals surface area contributed by atoms with Crippen molar-refractivity contribution >= 4 is 5.97 Å². The minimum Gasteiger partial charge on any atom is -0.465 e. The number of esters is 1. The van der Waals surface area contributed by atoms with Crippen LogP contribution in [-0.4, -0.2) is 30.6 Å². The van der Waals surface area contributed by atoms with Crippen LogP contribution in [0.25, 0.3) is 0 Å². The van der Waals surface area contributed by atoms with E-state index in [9.17, 15) is 35.5 Å². The topological polar surface area (TPSA) is 26.3 Å². The van der Waals surface area contributed by atoms with Crippen LogP contribution in [0.1, 0.15) is 40.0 Å². The number of rotatable bonds is 8.